The first-order valence-corrected chi connectivity index (χ1v) is 6.92. The molecule has 3 N–H and O–H groups in total. The summed E-state index contributed by atoms with van der Waals surface area (Å²) in [6.45, 7) is 0.777. The first-order valence-electron chi connectivity index (χ1n) is 6.92. The van der Waals surface area contributed by atoms with Crippen molar-refractivity contribution in [2.75, 3.05) is 11.9 Å². The van der Waals surface area contributed by atoms with Crippen molar-refractivity contribution in [2.45, 2.75) is 25.3 Å². The Bertz CT molecular complexity index is 521. The third-order valence-electron chi connectivity index (χ3n) is 3.96. The number of nitrogens with one attached hydrogen (secondary N) is 1. The van der Waals surface area contributed by atoms with Crippen LogP contribution in [0, 0.1) is 5.92 Å². The molecule has 1 fully saturated rings. The van der Waals surface area contributed by atoms with Crippen LogP contribution in [0.3, 0.4) is 0 Å². The summed E-state index contributed by atoms with van der Waals surface area (Å²) in [5.74, 6) is 0.608. The molecule has 2 unspecified atom stereocenters. The topological polar surface area (TPSA) is 55.9 Å². The van der Waals surface area contributed by atoms with Crippen molar-refractivity contribution in [1.82, 2.24) is 9.55 Å². The third-order valence-corrected chi connectivity index (χ3v) is 3.96. The van der Waals surface area contributed by atoms with Gasteiger partial charge in [-0.3, -0.25) is 0 Å². The summed E-state index contributed by atoms with van der Waals surface area (Å²) in [4.78, 5) is 4.08. The van der Waals surface area contributed by atoms with Crippen LogP contribution in [0.2, 0.25) is 0 Å². The van der Waals surface area contributed by atoms with E-state index >= 15 is 0 Å². The standard InChI is InChI=1S/C15H20N4/c16-10-12-3-1-6-15(12)18-13-4-2-5-14(9-13)19-8-7-17-11-19/h2,4-5,7-9,11-12,15,18H,1,3,6,10,16H2. The molecule has 4 nitrogen and oxygen atoms in total. The SMILES string of the molecule is NCC1CCCC1Nc1cccc(-n2ccnc2)c1. The Morgan fingerprint density at radius 3 is 3.11 bits per heavy atom. The van der Waals surface area contributed by atoms with E-state index in [-0.39, 0.29) is 0 Å². The maximum Gasteiger partial charge on any atom is 0.0991 e. The van der Waals surface area contributed by atoms with Crippen molar-refractivity contribution >= 4 is 5.69 Å². The largest absolute Gasteiger partial charge is 0.382 e. The summed E-state index contributed by atoms with van der Waals surface area (Å²) in [5, 5.41) is 3.63. The van der Waals surface area contributed by atoms with Gasteiger partial charge < -0.3 is 15.6 Å². The fraction of sp³-hybridized carbons (Fsp3) is 0.400. The minimum atomic E-state index is 0.517. The Balaban J connectivity index is 1.76. The van der Waals surface area contributed by atoms with E-state index in [1.54, 1.807) is 6.20 Å². The lowest BCUT2D eigenvalue weighted by molar-refractivity contribution is 0.516. The Hall–Kier alpha value is -1.81. The van der Waals surface area contributed by atoms with Gasteiger partial charge in [0.2, 0.25) is 0 Å². The second-order valence-electron chi connectivity index (χ2n) is 5.20. The number of benzene rings is 1. The minimum Gasteiger partial charge on any atom is -0.382 e. The maximum absolute atomic E-state index is 5.83. The molecule has 2 atom stereocenters. The number of nitrogens with zero attached hydrogens (tertiary/aromatic N) is 2. The number of imidazole rings is 1. The molecule has 0 amide bonds. The average Bonchev–Trinajstić information content (AvgIpc) is 3.10. The molecule has 1 aromatic carbocycles. The molecule has 0 spiro atoms. The van der Waals surface area contributed by atoms with Crippen LogP contribution in [0.25, 0.3) is 5.69 Å². The zero-order valence-electron chi connectivity index (χ0n) is 11.0. The Labute approximate surface area is 113 Å². The highest BCUT2D eigenvalue weighted by Gasteiger charge is 2.25. The van der Waals surface area contributed by atoms with Crippen molar-refractivity contribution in [1.29, 1.82) is 0 Å². The second-order valence-corrected chi connectivity index (χ2v) is 5.20. The smallest absolute Gasteiger partial charge is 0.0991 e. The van der Waals surface area contributed by atoms with Crippen LogP contribution in [0.4, 0.5) is 5.69 Å². The quantitative estimate of drug-likeness (QED) is 0.883. The lowest BCUT2D eigenvalue weighted by atomic mass is 10.0. The average molecular weight is 256 g/mol. The van der Waals surface area contributed by atoms with E-state index in [2.05, 4.69) is 34.6 Å². The zero-order valence-corrected chi connectivity index (χ0v) is 11.0. The van der Waals surface area contributed by atoms with E-state index in [1.807, 2.05) is 17.1 Å². The Morgan fingerprint density at radius 2 is 2.32 bits per heavy atom. The molecule has 1 aromatic heterocycles. The zero-order chi connectivity index (χ0) is 13.1. The highest BCUT2D eigenvalue weighted by molar-refractivity contribution is 5.51. The summed E-state index contributed by atoms with van der Waals surface area (Å²) in [6, 6.07) is 8.95. The van der Waals surface area contributed by atoms with Gasteiger partial charge in [0.05, 0.1) is 6.33 Å². The van der Waals surface area contributed by atoms with Crippen LogP contribution in [0.5, 0.6) is 0 Å². The number of hydrogen-bond acceptors (Lipinski definition) is 3. The monoisotopic (exact) mass is 256 g/mol. The first-order chi connectivity index (χ1) is 9.36. The van der Waals surface area contributed by atoms with Gasteiger partial charge in [0, 0.05) is 29.8 Å². The number of anilines is 1. The number of aromatic nitrogens is 2. The normalized spacial score (nSPS) is 22.6. The van der Waals surface area contributed by atoms with E-state index < -0.39 is 0 Å². The molecule has 100 valence electrons. The van der Waals surface area contributed by atoms with Gasteiger partial charge in [-0.1, -0.05) is 12.5 Å². The van der Waals surface area contributed by atoms with Crippen molar-refractivity contribution in [3.05, 3.63) is 43.0 Å². The van der Waals surface area contributed by atoms with Crippen LogP contribution in [-0.4, -0.2) is 22.1 Å². The van der Waals surface area contributed by atoms with E-state index in [1.165, 1.54) is 19.3 Å². The summed E-state index contributed by atoms with van der Waals surface area (Å²) in [5.41, 5.74) is 8.13. The van der Waals surface area contributed by atoms with Crippen LogP contribution in [-0.2, 0) is 0 Å². The lowest BCUT2D eigenvalue weighted by Crippen LogP contribution is -2.29. The van der Waals surface area contributed by atoms with Gasteiger partial charge >= 0.3 is 0 Å². The van der Waals surface area contributed by atoms with Gasteiger partial charge in [-0.25, -0.2) is 4.98 Å². The van der Waals surface area contributed by atoms with Gasteiger partial charge in [-0.05, 0) is 43.5 Å². The molecular formula is C15H20N4. The predicted molar refractivity (Wildman–Crippen MR) is 77.4 cm³/mol. The molecule has 3 rings (SSSR count). The van der Waals surface area contributed by atoms with Gasteiger partial charge in [0.25, 0.3) is 0 Å². The van der Waals surface area contributed by atoms with Crippen molar-refractivity contribution in [2.24, 2.45) is 11.7 Å². The van der Waals surface area contributed by atoms with Crippen molar-refractivity contribution in [3.8, 4) is 5.69 Å². The molecule has 1 saturated carbocycles. The highest BCUT2D eigenvalue weighted by atomic mass is 15.0. The Kier molecular flexibility index (Phi) is 3.51. The summed E-state index contributed by atoms with van der Waals surface area (Å²) >= 11 is 0. The fourth-order valence-corrected chi connectivity index (χ4v) is 2.89. The molecule has 1 aliphatic carbocycles. The summed E-state index contributed by atoms with van der Waals surface area (Å²) < 4.78 is 2.01. The van der Waals surface area contributed by atoms with Gasteiger partial charge in [-0.2, -0.15) is 0 Å². The molecule has 19 heavy (non-hydrogen) atoms. The fourth-order valence-electron chi connectivity index (χ4n) is 2.89. The number of rotatable bonds is 4. The van der Waals surface area contributed by atoms with Crippen molar-refractivity contribution in [3.63, 3.8) is 0 Å². The molecule has 2 aromatic rings. The number of nitrogens with two attached hydrogens (primary N) is 1. The Morgan fingerprint density at radius 1 is 1.37 bits per heavy atom. The molecule has 4 heteroatoms. The summed E-state index contributed by atoms with van der Waals surface area (Å²) in [6.07, 6.45) is 9.31. The maximum atomic E-state index is 5.83. The molecule has 0 bridgehead atoms. The van der Waals surface area contributed by atoms with Gasteiger partial charge in [0.15, 0.2) is 0 Å². The highest BCUT2D eigenvalue weighted by Crippen LogP contribution is 2.28. The van der Waals surface area contributed by atoms with Crippen molar-refractivity contribution < 1.29 is 0 Å². The third kappa shape index (κ3) is 2.63. The lowest BCUT2D eigenvalue weighted by Gasteiger charge is -2.21. The van der Waals surface area contributed by atoms with Gasteiger partial charge in [0.1, 0.15) is 0 Å². The van der Waals surface area contributed by atoms with E-state index in [9.17, 15) is 0 Å². The first kappa shape index (κ1) is 12.2. The number of hydrogen-bond donors (Lipinski definition) is 2. The molecule has 1 aliphatic rings. The molecule has 0 aliphatic heterocycles. The molecule has 0 radical (unpaired) electrons. The minimum absolute atomic E-state index is 0.517. The van der Waals surface area contributed by atoms with Crippen LogP contribution >= 0.6 is 0 Å². The van der Waals surface area contributed by atoms with E-state index in [0.717, 1.165) is 17.9 Å². The van der Waals surface area contributed by atoms with E-state index in [0.29, 0.717) is 12.0 Å². The molecule has 1 heterocycles. The van der Waals surface area contributed by atoms with Crippen LogP contribution in [0.15, 0.2) is 43.0 Å². The van der Waals surface area contributed by atoms with Gasteiger partial charge in [-0.15, -0.1) is 0 Å². The van der Waals surface area contributed by atoms with E-state index in [4.69, 9.17) is 5.73 Å². The van der Waals surface area contributed by atoms with Crippen LogP contribution < -0.4 is 11.1 Å². The molecule has 0 saturated heterocycles. The summed E-state index contributed by atoms with van der Waals surface area (Å²) in [7, 11) is 0. The van der Waals surface area contributed by atoms with Crippen LogP contribution in [0.1, 0.15) is 19.3 Å². The predicted octanol–water partition coefficient (Wildman–Crippen LogP) is 2.41. The molecular weight excluding hydrogens is 236 g/mol. The second kappa shape index (κ2) is 5.45.